The fourth-order valence-corrected chi connectivity index (χ4v) is 4.38. The number of fused-ring (bicyclic) bond motifs is 1. The Kier molecular flexibility index (Phi) is 4.53. The number of hydrogen-bond acceptors (Lipinski definition) is 5. The van der Waals surface area contributed by atoms with E-state index in [1.165, 1.54) is 35.2 Å². The highest BCUT2D eigenvalue weighted by Crippen LogP contribution is 2.21. The van der Waals surface area contributed by atoms with Gasteiger partial charge in [-0.2, -0.15) is 0 Å². The van der Waals surface area contributed by atoms with Gasteiger partial charge in [0, 0.05) is 38.4 Å². The van der Waals surface area contributed by atoms with Crippen molar-refractivity contribution < 1.29 is 12.8 Å². The number of aryl methyl sites for hydroxylation is 1. The van der Waals surface area contributed by atoms with Crippen LogP contribution in [0, 0.1) is 0 Å². The average molecular weight is 387 g/mol. The maximum atomic E-state index is 12.6. The predicted octanol–water partition coefficient (Wildman–Crippen LogP) is 2.21. The van der Waals surface area contributed by atoms with E-state index in [9.17, 15) is 13.2 Å². The molecule has 8 heteroatoms. The van der Waals surface area contributed by atoms with Gasteiger partial charge in [-0.25, -0.2) is 17.9 Å². The highest BCUT2D eigenvalue weighted by atomic mass is 32.2. The second kappa shape index (κ2) is 6.86. The molecule has 7 nitrogen and oxygen atoms in total. The quantitative estimate of drug-likeness (QED) is 0.726. The van der Waals surface area contributed by atoms with Gasteiger partial charge in [0.15, 0.2) is 5.58 Å². The van der Waals surface area contributed by atoms with Crippen molar-refractivity contribution in [2.75, 3.05) is 18.0 Å². The Bertz CT molecular complexity index is 1120. The third-order valence-corrected chi connectivity index (χ3v) is 6.35. The topological polar surface area (TPSA) is 84.5 Å². The molecule has 0 aliphatic carbocycles. The SMILES string of the molecule is Cn1c(=O)oc2cc(S(=O)(=O)NCc3ccc(N4CCCC4)cc3)ccc21. The lowest BCUT2D eigenvalue weighted by Gasteiger charge is -2.17. The summed E-state index contributed by atoms with van der Waals surface area (Å²) in [5, 5.41) is 0. The van der Waals surface area contributed by atoms with Gasteiger partial charge in [-0.1, -0.05) is 12.1 Å². The monoisotopic (exact) mass is 387 g/mol. The summed E-state index contributed by atoms with van der Waals surface area (Å²) in [5.41, 5.74) is 2.86. The molecule has 2 heterocycles. The minimum atomic E-state index is -3.71. The molecule has 27 heavy (non-hydrogen) atoms. The fraction of sp³-hybridized carbons (Fsp3) is 0.316. The molecule has 0 atom stereocenters. The zero-order valence-corrected chi connectivity index (χ0v) is 15.8. The third-order valence-electron chi connectivity index (χ3n) is 4.95. The van der Waals surface area contributed by atoms with E-state index in [2.05, 4.69) is 9.62 Å². The molecule has 0 saturated carbocycles. The molecule has 0 spiro atoms. The van der Waals surface area contributed by atoms with Gasteiger partial charge in [-0.15, -0.1) is 0 Å². The van der Waals surface area contributed by atoms with E-state index in [-0.39, 0.29) is 17.0 Å². The molecule has 3 aromatic rings. The maximum absolute atomic E-state index is 12.6. The molecule has 0 radical (unpaired) electrons. The lowest BCUT2D eigenvalue weighted by atomic mass is 10.2. The van der Waals surface area contributed by atoms with Gasteiger partial charge in [-0.05, 0) is 42.7 Å². The van der Waals surface area contributed by atoms with E-state index in [4.69, 9.17) is 4.42 Å². The average Bonchev–Trinajstić information content (AvgIpc) is 3.29. The van der Waals surface area contributed by atoms with Gasteiger partial charge in [-0.3, -0.25) is 4.57 Å². The highest BCUT2D eigenvalue weighted by molar-refractivity contribution is 7.89. The molecule has 2 aromatic carbocycles. The molecular formula is C19H21N3O4S. The number of nitrogens with one attached hydrogen (secondary N) is 1. The first-order valence-corrected chi connectivity index (χ1v) is 10.4. The molecule has 4 rings (SSSR count). The summed E-state index contributed by atoms with van der Waals surface area (Å²) >= 11 is 0. The number of rotatable bonds is 5. The minimum absolute atomic E-state index is 0.0676. The van der Waals surface area contributed by atoms with Crippen molar-refractivity contribution in [2.45, 2.75) is 24.3 Å². The number of hydrogen-bond donors (Lipinski definition) is 1. The summed E-state index contributed by atoms with van der Waals surface area (Å²) in [7, 11) is -2.14. The second-order valence-electron chi connectivity index (χ2n) is 6.74. The van der Waals surface area contributed by atoms with E-state index in [1.54, 1.807) is 13.1 Å². The van der Waals surface area contributed by atoms with Crippen molar-refractivity contribution in [1.29, 1.82) is 0 Å². The number of anilines is 1. The lowest BCUT2D eigenvalue weighted by molar-refractivity contribution is 0.527. The highest BCUT2D eigenvalue weighted by Gasteiger charge is 2.17. The smallest absolute Gasteiger partial charge is 0.408 e. The van der Waals surface area contributed by atoms with Crippen LogP contribution >= 0.6 is 0 Å². The standard InChI is InChI=1S/C19H21N3O4S/c1-21-17-9-8-16(12-18(17)26-19(21)23)27(24,25)20-13-14-4-6-15(7-5-14)22-10-2-3-11-22/h4-9,12,20H,2-3,10-11,13H2,1H3. The Morgan fingerprint density at radius 3 is 2.48 bits per heavy atom. The van der Waals surface area contributed by atoms with E-state index in [1.807, 2.05) is 24.3 Å². The Hall–Kier alpha value is -2.58. The van der Waals surface area contributed by atoms with Crippen LogP contribution in [0.5, 0.6) is 0 Å². The van der Waals surface area contributed by atoms with Gasteiger partial charge in [0.2, 0.25) is 10.0 Å². The van der Waals surface area contributed by atoms with E-state index in [0.29, 0.717) is 5.52 Å². The zero-order chi connectivity index (χ0) is 19.0. The molecule has 1 aliphatic rings. The number of nitrogens with zero attached hydrogens (tertiary/aromatic N) is 2. The summed E-state index contributed by atoms with van der Waals surface area (Å²) in [6.07, 6.45) is 2.43. The summed E-state index contributed by atoms with van der Waals surface area (Å²) in [4.78, 5) is 14.0. The molecule has 1 saturated heterocycles. The van der Waals surface area contributed by atoms with Gasteiger partial charge >= 0.3 is 5.76 Å². The van der Waals surface area contributed by atoms with Crippen molar-refractivity contribution in [2.24, 2.45) is 7.05 Å². The van der Waals surface area contributed by atoms with E-state index < -0.39 is 15.8 Å². The Labute approximate surface area is 157 Å². The fourth-order valence-electron chi connectivity index (χ4n) is 3.34. The van der Waals surface area contributed by atoms with Crippen LogP contribution in [-0.4, -0.2) is 26.1 Å². The Balaban J connectivity index is 1.49. The molecule has 0 bridgehead atoms. The van der Waals surface area contributed by atoms with Crippen molar-refractivity contribution in [3.63, 3.8) is 0 Å². The largest absolute Gasteiger partial charge is 0.419 e. The summed E-state index contributed by atoms with van der Waals surface area (Å²) in [5.74, 6) is -0.523. The molecule has 1 aromatic heterocycles. The number of benzene rings is 2. The van der Waals surface area contributed by atoms with E-state index in [0.717, 1.165) is 18.7 Å². The van der Waals surface area contributed by atoms with Crippen LogP contribution in [0.25, 0.3) is 11.1 Å². The maximum Gasteiger partial charge on any atom is 0.419 e. The molecule has 1 aliphatic heterocycles. The van der Waals surface area contributed by atoms with Crippen LogP contribution in [0.15, 0.2) is 56.6 Å². The Morgan fingerprint density at radius 2 is 1.78 bits per heavy atom. The minimum Gasteiger partial charge on any atom is -0.408 e. The number of oxazole rings is 1. The Morgan fingerprint density at radius 1 is 1.07 bits per heavy atom. The van der Waals surface area contributed by atoms with Crippen LogP contribution < -0.4 is 15.4 Å². The summed E-state index contributed by atoms with van der Waals surface area (Å²) in [6.45, 7) is 2.34. The predicted molar refractivity (Wildman–Crippen MR) is 103 cm³/mol. The van der Waals surface area contributed by atoms with Crippen LogP contribution in [-0.2, 0) is 23.6 Å². The summed E-state index contributed by atoms with van der Waals surface area (Å²) in [6, 6.07) is 12.3. The van der Waals surface area contributed by atoms with Crippen LogP contribution in [0.2, 0.25) is 0 Å². The molecule has 142 valence electrons. The van der Waals surface area contributed by atoms with Gasteiger partial charge < -0.3 is 9.32 Å². The first kappa shape index (κ1) is 17.8. The van der Waals surface area contributed by atoms with Crippen LogP contribution in [0.3, 0.4) is 0 Å². The van der Waals surface area contributed by atoms with Crippen LogP contribution in [0.4, 0.5) is 5.69 Å². The lowest BCUT2D eigenvalue weighted by Crippen LogP contribution is -2.23. The van der Waals surface area contributed by atoms with Crippen molar-refractivity contribution in [3.05, 3.63) is 58.6 Å². The van der Waals surface area contributed by atoms with Crippen molar-refractivity contribution in [3.8, 4) is 0 Å². The normalized spacial score (nSPS) is 14.9. The summed E-state index contributed by atoms with van der Waals surface area (Å²) < 4.78 is 34.1. The molecule has 0 amide bonds. The van der Waals surface area contributed by atoms with E-state index >= 15 is 0 Å². The first-order valence-electron chi connectivity index (χ1n) is 8.87. The number of sulfonamides is 1. The molecular weight excluding hydrogens is 366 g/mol. The van der Waals surface area contributed by atoms with Gasteiger partial charge in [0.05, 0.1) is 10.4 Å². The third kappa shape index (κ3) is 3.50. The van der Waals surface area contributed by atoms with Crippen molar-refractivity contribution >= 4 is 26.8 Å². The van der Waals surface area contributed by atoms with Gasteiger partial charge in [0.25, 0.3) is 0 Å². The molecule has 1 fully saturated rings. The van der Waals surface area contributed by atoms with Crippen molar-refractivity contribution in [1.82, 2.24) is 9.29 Å². The number of aromatic nitrogens is 1. The molecule has 1 N–H and O–H groups in total. The second-order valence-corrected chi connectivity index (χ2v) is 8.51. The van der Waals surface area contributed by atoms with Crippen LogP contribution in [0.1, 0.15) is 18.4 Å². The zero-order valence-electron chi connectivity index (χ0n) is 15.0. The molecule has 0 unspecified atom stereocenters. The first-order chi connectivity index (χ1) is 12.9. The van der Waals surface area contributed by atoms with Gasteiger partial charge in [0.1, 0.15) is 0 Å².